The molecule has 2 aromatic carbocycles. The van der Waals surface area contributed by atoms with Crippen LogP contribution in [0.2, 0.25) is 0 Å². The number of rotatable bonds is 4. The van der Waals surface area contributed by atoms with Crippen LogP contribution < -0.4 is 4.90 Å². The van der Waals surface area contributed by atoms with Crippen molar-refractivity contribution in [1.29, 1.82) is 0 Å². The van der Waals surface area contributed by atoms with Crippen molar-refractivity contribution in [2.75, 3.05) is 23.9 Å². The minimum atomic E-state index is -0.468. The first-order chi connectivity index (χ1) is 14.2. The quantitative estimate of drug-likeness (QED) is 0.453. The van der Waals surface area contributed by atoms with Crippen LogP contribution in [-0.4, -0.2) is 36.3 Å². The molecule has 152 valence electrons. The molecule has 5 nitrogen and oxygen atoms in total. The first kappa shape index (κ1) is 19.9. The molecule has 1 fully saturated rings. The van der Waals surface area contributed by atoms with Crippen LogP contribution in [0, 0.1) is 5.82 Å². The van der Waals surface area contributed by atoms with Crippen molar-refractivity contribution in [2.45, 2.75) is 36.6 Å². The zero-order valence-electron chi connectivity index (χ0n) is 16.0. The van der Waals surface area contributed by atoms with E-state index in [1.54, 1.807) is 11.0 Å². The Balaban J connectivity index is 1.60. The molecule has 0 spiro atoms. The Hall–Kier alpha value is -2.38. The number of halogens is 1. The molecule has 29 heavy (non-hydrogen) atoms. The summed E-state index contributed by atoms with van der Waals surface area (Å²) in [6.07, 6.45) is 3.52. The summed E-state index contributed by atoms with van der Waals surface area (Å²) in [6, 6.07) is 11.4. The SMILES string of the molecule is O=C1CCSc2cc(F)c(/C=N/O)cc2N1Cc1ccc(C2CCOCC2)cc1. The summed E-state index contributed by atoms with van der Waals surface area (Å²) in [5, 5.41) is 11.7. The fourth-order valence-electron chi connectivity index (χ4n) is 3.85. The number of ether oxygens (including phenoxy) is 1. The van der Waals surface area contributed by atoms with Crippen LogP contribution in [0.4, 0.5) is 10.1 Å². The van der Waals surface area contributed by atoms with Gasteiger partial charge in [-0.15, -0.1) is 11.8 Å². The summed E-state index contributed by atoms with van der Waals surface area (Å²) >= 11 is 1.47. The van der Waals surface area contributed by atoms with Gasteiger partial charge in [0.15, 0.2) is 0 Å². The highest BCUT2D eigenvalue weighted by molar-refractivity contribution is 7.99. The fourth-order valence-corrected chi connectivity index (χ4v) is 4.85. The standard InChI is InChI=1S/C22H23FN2O3S/c23-19-12-21-20(11-18(19)13-24-27)25(22(26)7-10-29-21)14-15-1-3-16(4-2-15)17-5-8-28-9-6-17/h1-4,11-13,17,27H,5-10,14H2/b24-13+. The third kappa shape index (κ3) is 4.46. The lowest BCUT2D eigenvalue weighted by Crippen LogP contribution is -2.30. The van der Waals surface area contributed by atoms with Crippen LogP contribution in [0.5, 0.6) is 0 Å². The maximum absolute atomic E-state index is 14.2. The van der Waals surface area contributed by atoms with Crippen molar-refractivity contribution < 1.29 is 19.1 Å². The summed E-state index contributed by atoms with van der Waals surface area (Å²) in [5.74, 6) is 0.670. The number of oxime groups is 1. The van der Waals surface area contributed by atoms with Gasteiger partial charge >= 0.3 is 0 Å². The highest BCUT2D eigenvalue weighted by Crippen LogP contribution is 2.37. The Kier molecular flexibility index (Phi) is 6.16. The highest BCUT2D eigenvalue weighted by Gasteiger charge is 2.25. The Labute approximate surface area is 173 Å². The molecule has 1 N–H and O–H groups in total. The summed E-state index contributed by atoms with van der Waals surface area (Å²) < 4.78 is 19.7. The van der Waals surface area contributed by atoms with Crippen LogP contribution >= 0.6 is 11.8 Å². The second-order valence-corrected chi connectivity index (χ2v) is 8.43. The van der Waals surface area contributed by atoms with Crippen LogP contribution in [0.25, 0.3) is 0 Å². The molecule has 2 aliphatic heterocycles. The van der Waals surface area contributed by atoms with Crippen LogP contribution in [0.1, 0.15) is 41.9 Å². The van der Waals surface area contributed by atoms with Gasteiger partial charge in [0.25, 0.3) is 0 Å². The van der Waals surface area contributed by atoms with Gasteiger partial charge < -0.3 is 14.8 Å². The second-order valence-electron chi connectivity index (χ2n) is 7.29. The van der Waals surface area contributed by atoms with Crippen molar-refractivity contribution in [3.8, 4) is 0 Å². The number of anilines is 1. The second kappa shape index (κ2) is 8.97. The number of thioether (sulfide) groups is 1. The van der Waals surface area contributed by atoms with Gasteiger partial charge in [-0.1, -0.05) is 29.4 Å². The molecular formula is C22H23FN2O3S. The molecule has 0 saturated carbocycles. The lowest BCUT2D eigenvalue weighted by molar-refractivity contribution is -0.118. The molecule has 0 aromatic heterocycles. The van der Waals surface area contributed by atoms with Crippen LogP contribution in [0.15, 0.2) is 46.4 Å². The number of fused-ring (bicyclic) bond motifs is 1. The summed E-state index contributed by atoms with van der Waals surface area (Å²) in [7, 11) is 0. The van der Waals surface area contributed by atoms with Gasteiger partial charge in [-0.2, -0.15) is 0 Å². The Morgan fingerprint density at radius 2 is 2.00 bits per heavy atom. The molecule has 4 rings (SSSR count). The van der Waals surface area contributed by atoms with E-state index in [1.807, 2.05) is 0 Å². The minimum Gasteiger partial charge on any atom is -0.411 e. The number of benzene rings is 2. The number of carbonyl (C=O) groups is 1. The zero-order chi connectivity index (χ0) is 20.2. The number of carbonyl (C=O) groups excluding carboxylic acids is 1. The first-order valence-corrected chi connectivity index (χ1v) is 10.7. The van der Waals surface area contributed by atoms with Gasteiger partial charge in [0, 0.05) is 35.8 Å². The predicted octanol–water partition coefficient (Wildman–Crippen LogP) is 4.56. The molecule has 0 atom stereocenters. The zero-order valence-corrected chi connectivity index (χ0v) is 16.8. The molecule has 0 unspecified atom stereocenters. The van der Waals surface area contributed by atoms with Gasteiger partial charge in [-0.25, -0.2) is 4.39 Å². The van der Waals surface area contributed by atoms with E-state index in [2.05, 4.69) is 29.4 Å². The first-order valence-electron chi connectivity index (χ1n) is 9.76. The van der Waals surface area contributed by atoms with Crippen LogP contribution in [0.3, 0.4) is 0 Å². The molecule has 1 amide bonds. The molecule has 7 heteroatoms. The lowest BCUT2D eigenvalue weighted by atomic mass is 9.91. The molecule has 0 radical (unpaired) electrons. The maximum Gasteiger partial charge on any atom is 0.228 e. The van der Waals surface area contributed by atoms with Gasteiger partial charge in [0.1, 0.15) is 5.82 Å². The maximum atomic E-state index is 14.2. The molecule has 0 aliphatic carbocycles. The van der Waals surface area contributed by atoms with Crippen LogP contribution in [-0.2, 0) is 16.1 Å². The van der Waals surface area contributed by atoms with Crippen molar-refractivity contribution >= 4 is 29.6 Å². The summed E-state index contributed by atoms with van der Waals surface area (Å²) in [6.45, 7) is 2.03. The number of hydrogen-bond donors (Lipinski definition) is 1. The van der Waals surface area contributed by atoms with E-state index in [0.717, 1.165) is 42.7 Å². The predicted molar refractivity (Wildman–Crippen MR) is 112 cm³/mol. The Bertz CT molecular complexity index is 911. The molecular weight excluding hydrogens is 391 g/mol. The molecule has 0 bridgehead atoms. The van der Waals surface area contributed by atoms with Crippen molar-refractivity contribution in [2.24, 2.45) is 5.16 Å². The number of amides is 1. The van der Waals surface area contributed by atoms with Gasteiger partial charge in [0.2, 0.25) is 5.91 Å². The summed E-state index contributed by atoms with van der Waals surface area (Å²) in [5.41, 5.74) is 3.14. The smallest absolute Gasteiger partial charge is 0.228 e. The van der Waals surface area contributed by atoms with Gasteiger partial charge in [-0.3, -0.25) is 4.79 Å². The van der Waals surface area contributed by atoms with Crippen molar-refractivity contribution in [3.63, 3.8) is 0 Å². The molecule has 1 saturated heterocycles. The third-order valence-corrected chi connectivity index (χ3v) is 6.50. The van der Waals surface area contributed by atoms with E-state index in [9.17, 15) is 9.18 Å². The monoisotopic (exact) mass is 414 g/mol. The molecule has 2 aliphatic rings. The topological polar surface area (TPSA) is 62.1 Å². The summed E-state index contributed by atoms with van der Waals surface area (Å²) in [4.78, 5) is 15.2. The molecule has 2 aromatic rings. The number of hydrogen-bond acceptors (Lipinski definition) is 5. The van der Waals surface area contributed by atoms with Crippen molar-refractivity contribution in [3.05, 3.63) is 58.9 Å². The molecule has 2 heterocycles. The third-order valence-electron chi connectivity index (χ3n) is 5.45. The van der Waals surface area contributed by atoms with E-state index in [1.165, 1.54) is 23.4 Å². The highest BCUT2D eigenvalue weighted by atomic mass is 32.2. The largest absolute Gasteiger partial charge is 0.411 e. The minimum absolute atomic E-state index is 0.00301. The van der Waals surface area contributed by atoms with E-state index in [-0.39, 0.29) is 11.5 Å². The van der Waals surface area contributed by atoms with Gasteiger partial charge in [-0.05, 0) is 42.0 Å². The van der Waals surface area contributed by atoms with E-state index in [0.29, 0.717) is 30.3 Å². The van der Waals surface area contributed by atoms with Crippen molar-refractivity contribution in [1.82, 2.24) is 0 Å². The van der Waals surface area contributed by atoms with E-state index in [4.69, 9.17) is 9.94 Å². The lowest BCUT2D eigenvalue weighted by Gasteiger charge is -2.25. The van der Waals surface area contributed by atoms with E-state index >= 15 is 0 Å². The Morgan fingerprint density at radius 1 is 1.24 bits per heavy atom. The Morgan fingerprint density at radius 3 is 2.72 bits per heavy atom. The fraction of sp³-hybridized carbons (Fsp3) is 0.364. The normalized spacial score (nSPS) is 18.1. The average Bonchev–Trinajstić information content (AvgIpc) is 2.88. The van der Waals surface area contributed by atoms with E-state index < -0.39 is 5.82 Å². The average molecular weight is 415 g/mol. The number of nitrogens with zero attached hydrogens (tertiary/aromatic N) is 2. The van der Waals surface area contributed by atoms with Gasteiger partial charge in [0.05, 0.1) is 18.4 Å².